The van der Waals surface area contributed by atoms with E-state index in [0.717, 1.165) is 53.9 Å². The highest BCUT2D eigenvalue weighted by molar-refractivity contribution is 6.30. The van der Waals surface area contributed by atoms with Crippen LogP contribution < -0.4 is 15.6 Å². The third-order valence-electron chi connectivity index (χ3n) is 7.77. The second kappa shape index (κ2) is 10.1. The molecule has 0 spiro atoms. The summed E-state index contributed by atoms with van der Waals surface area (Å²) < 4.78 is 20.8. The van der Waals surface area contributed by atoms with Crippen LogP contribution in [0.25, 0.3) is 22.1 Å². The van der Waals surface area contributed by atoms with Crippen LogP contribution in [0.15, 0.2) is 63.8 Å². The van der Waals surface area contributed by atoms with Gasteiger partial charge in [-0.1, -0.05) is 55.8 Å². The van der Waals surface area contributed by atoms with E-state index in [1.165, 1.54) is 6.07 Å². The zero-order valence-corrected chi connectivity index (χ0v) is 23.4. The van der Waals surface area contributed by atoms with Crippen LogP contribution in [-0.4, -0.2) is 13.1 Å². The lowest BCUT2D eigenvalue weighted by molar-refractivity contribution is 0.274. The lowest BCUT2D eigenvalue weighted by Crippen LogP contribution is -2.38. The molecule has 5 rings (SSSR count). The highest BCUT2D eigenvalue weighted by atomic mass is 35.5. The number of benzene rings is 3. The predicted octanol–water partition coefficient (Wildman–Crippen LogP) is 8.67. The van der Waals surface area contributed by atoms with Crippen molar-refractivity contribution in [2.45, 2.75) is 53.5 Å². The molecule has 6 heteroatoms. The number of halogens is 2. The summed E-state index contributed by atoms with van der Waals surface area (Å²) in [5.41, 5.74) is 5.92. The van der Waals surface area contributed by atoms with Gasteiger partial charge in [-0.15, -0.1) is 0 Å². The van der Waals surface area contributed by atoms with Gasteiger partial charge in [-0.05, 0) is 74.4 Å². The molecule has 1 N–H and O–H groups in total. The third kappa shape index (κ3) is 5.04. The van der Waals surface area contributed by atoms with E-state index in [9.17, 15) is 9.18 Å². The number of hydrogen-bond acceptors (Lipinski definition) is 4. The molecule has 1 fully saturated rings. The first-order chi connectivity index (χ1) is 18.0. The van der Waals surface area contributed by atoms with Crippen molar-refractivity contribution in [1.29, 1.82) is 0 Å². The van der Waals surface area contributed by atoms with E-state index in [1.807, 2.05) is 50.2 Å². The normalized spacial score (nSPS) is 16.0. The molecule has 0 aliphatic carbocycles. The fraction of sp³-hybridized carbons (Fsp3) is 0.344. The van der Waals surface area contributed by atoms with Crippen molar-refractivity contribution >= 4 is 34.1 Å². The van der Waals surface area contributed by atoms with E-state index in [1.54, 1.807) is 6.07 Å². The Labute approximate surface area is 228 Å². The molecular weight excluding hydrogens is 499 g/mol. The average Bonchev–Trinajstić information content (AvgIpc) is 2.88. The van der Waals surface area contributed by atoms with Gasteiger partial charge < -0.3 is 14.6 Å². The summed E-state index contributed by atoms with van der Waals surface area (Å²) in [6.07, 6.45) is 2.10. The van der Waals surface area contributed by atoms with Crippen molar-refractivity contribution in [1.82, 2.24) is 0 Å². The topological polar surface area (TPSA) is 45.5 Å². The van der Waals surface area contributed by atoms with Crippen molar-refractivity contribution in [2.24, 2.45) is 5.41 Å². The number of rotatable bonds is 5. The molecule has 1 aliphatic heterocycles. The van der Waals surface area contributed by atoms with Crippen molar-refractivity contribution in [3.8, 4) is 11.1 Å². The van der Waals surface area contributed by atoms with Crippen LogP contribution in [0.3, 0.4) is 0 Å². The summed E-state index contributed by atoms with van der Waals surface area (Å²) in [6, 6.07) is 16.4. The molecule has 1 aliphatic rings. The number of para-hydroxylation sites is 1. The van der Waals surface area contributed by atoms with Gasteiger partial charge in [0.25, 0.3) is 0 Å². The van der Waals surface area contributed by atoms with Crippen LogP contribution >= 0.6 is 11.6 Å². The Hall–Kier alpha value is -3.31. The third-order valence-corrected chi connectivity index (χ3v) is 8.07. The second-order valence-electron chi connectivity index (χ2n) is 11.3. The molecule has 0 radical (unpaired) electrons. The first kappa shape index (κ1) is 26.3. The van der Waals surface area contributed by atoms with E-state index in [4.69, 9.17) is 16.0 Å². The van der Waals surface area contributed by atoms with Crippen LogP contribution in [0.5, 0.6) is 0 Å². The fourth-order valence-corrected chi connectivity index (χ4v) is 5.45. The lowest BCUT2D eigenvalue weighted by Gasteiger charge is -2.37. The highest BCUT2D eigenvalue weighted by Gasteiger charge is 2.29. The molecule has 4 aromatic rings. The van der Waals surface area contributed by atoms with Gasteiger partial charge >= 0.3 is 0 Å². The van der Waals surface area contributed by atoms with Crippen molar-refractivity contribution < 1.29 is 8.81 Å². The maximum absolute atomic E-state index is 14.2. The monoisotopic (exact) mass is 532 g/mol. The van der Waals surface area contributed by atoms with Crippen molar-refractivity contribution in [3.63, 3.8) is 0 Å². The van der Waals surface area contributed by atoms with E-state index >= 15 is 0 Å². The Morgan fingerprint density at radius 2 is 1.76 bits per heavy atom. The molecule has 2 heterocycles. The Bertz CT molecular complexity index is 1570. The standard InChI is InChI=1S/C32H34ClFN2O2/c1-19-16-24(21(3)35-28-9-7-6-8-23(28)22-10-11-26(33)27(34)18-22)30-25(17-19)29(37)20(2)31(38-30)36-14-12-32(4,5)13-15-36/h6-11,16-18,21,35H,12-15H2,1-5H3/t21-/m1/s1. The molecule has 4 nitrogen and oxygen atoms in total. The van der Waals surface area contributed by atoms with Crippen LogP contribution in [0, 0.1) is 25.1 Å². The Morgan fingerprint density at radius 1 is 1.05 bits per heavy atom. The van der Waals surface area contributed by atoms with Gasteiger partial charge in [0.05, 0.1) is 22.0 Å². The summed E-state index contributed by atoms with van der Waals surface area (Å²) >= 11 is 5.92. The average molecular weight is 533 g/mol. The summed E-state index contributed by atoms with van der Waals surface area (Å²) in [7, 11) is 0. The fourth-order valence-electron chi connectivity index (χ4n) is 5.33. The molecule has 38 heavy (non-hydrogen) atoms. The number of fused-ring (bicyclic) bond motifs is 1. The molecule has 198 valence electrons. The van der Waals surface area contributed by atoms with Gasteiger partial charge in [-0.25, -0.2) is 4.39 Å². The van der Waals surface area contributed by atoms with E-state index in [2.05, 4.69) is 37.1 Å². The van der Waals surface area contributed by atoms with Gasteiger partial charge in [0.1, 0.15) is 11.4 Å². The molecule has 1 atom stereocenters. The van der Waals surface area contributed by atoms with E-state index in [-0.39, 0.29) is 16.5 Å². The molecule has 0 bridgehead atoms. The number of anilines is 2. The summed E-state index contributed by atoms with van der Waals surface area (Å²) in [5.74, 6) is 0.217. The van der Waals surface area contributed by atoms with Gasteiger partial charge in [0.2, 0.25) is 5.88 Å². The molecule has 1 saturated heterocycles. The quantitative estimate of drug-likeness (QED) is 0.279. The maximum atomic E-state index is 14.2. The molecule has 1 aromatic heterocycles. The molecule has 0 saturated carbocycles. The molecular formula is C32H34ClFN2O2. The number of hydrogen-bond donors (Lipinski definition) is 1. The Morgan fingerprint density at radius 3 is 2.47 bits per heavy atom. The molecule has 0 amide bonds. The van der Waals surface area contributed by atoms with E-state index in [0.29, 0.717) is 27.8 Å². The van der Waals surface area contributed by atoms with Crippen LogP contribution in [-0.2, 0) is 0 Å². The Balaban J connectivity index is 1.56. The van der Waals surface area contributed by atoms with Gasteiger partial charge in [0.15, 0.2) is 5.43 Å². The minimum Gasteiger partial charge on any atom is -0.440 e. The summed E-state index contributed by atoms with van der Waals surface area (Å²) in [6.45, 7) is 12.2. The SMILES string of the molecule is Cc1cc([C@@H](C)Nc2ccccc2-c2ccc(Cl)c(F)c2)c2oc(N3CCC(C)(C)CC3)c(C)c(=O)c2c1. The number of piperidine rings is 1. The summed E-state index contributed by atoms with van der Waals surface area (Å²) in [4.78, 5) is 15.8. The number of nitrogens with zero attached hydrogens (tertiary/aromatic N) is 1. The maximum Gasteiger partial charge on any atom is 0.202 e. The van der Waals surface area contributed by atoms with Crippen LogP contribution in [0.4, 0.5) is 16.0 Å². The minimum atomic E-state index is -0.456. The van der Waals surface area contributed by atoms with Gasteiger partial charge in [-0.2, -0.15) is 0 Å². The smallest absolute Gasteiger partial charge is 0.202 e. The van der Waals surface area contributed by atoms with Crippen LogP contribution in [0.2, 0.25) is 5.02 Å². The largest absolute Gasteiger partial charge is 0.440 e. The van der Waals surface area contributed by atoms with Crippen molar-refractivity contribution in [3.05, 3.63) is 92.4 Å². The zero-order chi connectivity index (χ0) is 27.2. The minimum absolute atomic E-state index is 0.0141. The highest BCUT2D eigenvalue weighted by Crippen LogP contribution is 2.37. The van der Waals surface area contributed by atoms with Crippen LogP contribution in [0.1, 0.15) is 56.3 Å². The first-order valence-electron chi connectivity index (χ1n) is 13.2. The predicted molar refractivity (Wildman–Crippen MR) is 156 cm³/mol. The van der Waals surface area contributed by atoms with Gasteiger partial charge in [-0.3, -0.25) is 4.79 Å². The number of aryl methyl sites for hydroxylation is 1. The zero-order valence-electron chi connectivity index (χ0n) is 22.6. The van der Waals surface area contributed by atoms with Gasteiger partial charge in [0, 0.05) is 29.9 Å². The molecule has 0 unspecified atom stereocenters. The first-order valence-corrected chi connectivity index (χ1v) is 13.6. The summed E-state index contributed by atoms with van der Waals surface area (Å²) in [5, 5.41) is 4.28. The Kier molecular flexibility index (Phi) is 6.99. The number of nitrogens with one attached hydrogen (secondary N) is 1. The van der Waals surface area contributed by atoms with E-state index < -0.39 is 5.82 Å². The molecule has 3 aromatic carbocycles. The lowest BCUT2D eigenvalue weighted by atomic mass is 9.82. The second-order valence-corrected chi connectivity index (χ2v) is 11.7. The van der Waals surface area contributed by atoms with Crippen molar-refractivity contribution in [2.75, 3.05) is 23.3 Å².